The summed E-state index contributed by atoms with van der Waals surface area (Å²) in [6.45, 7) is 18.5. The van der Waals surface area contributed by atoms with Crippen LogP contribution in [0.3, 0.4) is 0 Å². The van der Waals surface area contributed by atoms with Crippen molar-refractivity contribution < 1.29 is 58.2 Å². The van der Waals surface area contributed by atoms with E-state index in [-0.39, 0.29) is 31.6 Å². The SMILES string of the molecule is CC[C@@H]1OC(=O)[C@H](C)C(=O)[C@H](C)[C@@H](O[C@@H]2O[C@H](C)C[C@H](N(C)C)[C@H]2O)[C@@](C)(OC)C[C@@H](C)/C(=N\OCCNCCCOCCCNCc2cccc(OCc3ccccc3)c2)[C@H](C)[C@@H](O)[C@]1(C)O. The lowest BCUT2D eigenvalue weighted by molar-refractivity contribution is -0.295. The number of ether oxygens (including phenoxy) is 6. The van der Waals surface area contributed by atoms with Crippen molar-refractivity contribution in [1.82, 2.24) is 15.5 Å². The molecule has 2 aromatic carbocycles. The summed E-state index contributed by atoms with van der Waals surface area (Å²) in [6, 6.07) is 18.0. The third-order valence-corrected chi connectivity index (χ3v) is 13.6. The summed E-state index contributed by atoms with van der Waals surface area (Å²) in [5.74, 6) is -3.88. The van der Waals surface area contributed by atoms with Crippen LogP contribution in [0.2, 0.25) is 0 Å². The van der Waals surface area contributed by atoms with E-state index in [9.17, 15) is 24.9 Å². The number of methoxy groups -OCH3 is 1. The number of nitrogens with zero attached hydrogens (tertiary/aromatic N) is 2. The Morgan fingerprint density at radius 2 is 1.56 bits per heavy atom. The van der Waals surface area contributed by atoms with Gasteiger partial charge < -0.3 is 64.1 Å². The number of hydrogen-bond acceptors (Lipinski definition) is 16. The number of aliphatic hydroxyl groups is 3. The predicted octanol–water partition coefficient (Wildman–Crippen LogP) is 5.28. The largest absolute Gasteiger partial charge is 0.489 e. The van der Waals surface area contributed by atoms with E-state index in [1.165, 1.54) is 21.0 Å². The average Bonchev–Trinajstić information content (AvgIpc) is 3.32. The summed E-state index contributed by atoms with van der Waals surface area (Å²) in [5.41, 5.74) is -0.418. The molecule has 16 heteroatoms. The van der Waals surface area contributed by atoms with Crippen LogP contribution in [0.5, 0.6) is 5.75 Å². The number of aliphatic hydroxyl groups excluding tert-OH is 2. The minimum Gasteiger partial charge on any atom is -0.489 e. The topological polar surface area (TPSA) is 199 Å². The van der Waals surface area contributed by atoms with E-state index in [2.05, 4.69) is 40.1 Å². The first kappa shape index (κ1) is 57.0. The monoisotopic (exact) mass is 957 g/mol. The smallest absolute Gasteiger partial charge is 0.316 e. The molecule has 4 rings (SSSR count). The van der Waals surface area contributed by atoms with E-state index in [4.69, 9.17) is 33.3 Å². The molecule has 2 aromatic rings. The highest BCUT2D eigenvalue weighted by atomic mass is 16.7. The molecule has 2 aliphatic rings. The number of ketones is 1. The average molecular weight is 957 g/mol. The second-order valence-electron chi connectivity index (χ2n) is 19.5. The van der Waals surface area contributed by atoms with Crippen molar-refractivity contribution in [2.45, 2.75) is 155 Å². The summed E-state index contributed by atoms with van der Waals surface area (Å²) < 4.78 is 36.7. The van der Waals surface area contributed by atoms with Gasteiger partial charge in [0, 0.05) is 57.2 Å². The molecule has 0 aliphatic carbocycles. The molecule has 0 bridgehead atoms. The van der Waals surface area contributed by atoms with Crippen LogP contribution < -0.4 is 15.4 Å². The van der Waals surface area contributed by atoms with Crippen LogP contribution in [0.1, 0.15) is 98.6 Å². The molecule has 2 saturated heterocycles. The Morgan fingerprint density at radius 1 is 0.882 bits per heavy atom. The van der Waals surface area contributed by atoms with Gasteiger partial charge in [-0.15, -0.1) is 0 Å². The number of cyclic esters (lactones) is 1. The first-order valence-electron chi connectivity index (χ1n) is 24.6. The first-order chi connectivity index (χ1) is 32.3. The van der Waals surface area contributed by atoms with Crippen LogP contribution in [0, 0.1) is 23.7 Å². The number of carbonyl (C=O) groups excluding carboxylic acids is 2. The number of benzene rings is 2. The van der Waals surface area contributed by atoms with Crippen molar-refractivity contribution in [2.75, 3.05) is 60.7 Å². The van der Waals surface area contributed by atoms with Gasteiger partial charge in [-0.05, 0) is 110 Å². The number of nitrogens with one attached hydrogen (secondary N) is 2. The molecule has 0 radical (unpaired) electrons. The van der Waals surface area contributed by atoms with E-state index in [0.717, 1.165) is 42.8 Å². The second-order valence-corrected chi connectivity index (χ2v) is 19.5. The van der Waals surface area contributed by atoms with E-state index in [1.54, 1.807) is 20.8 Å². The molecule has 2 heterocycles. The van der Waals surface area contributed by atoms with E-state index < -0.39 is 77.3 Å². The van der Waals surface area contributed by atoms with E-state index >= 15 is 0 Å². The molecular formula is C52H84N4O12. The molecule has 2 fully saturated rings. The van der Waals surface area contributed by atoms with Crippen LogP contribution >= 0.6 is 0 Å². The zero-order valence-corrected chi connectivity index (χ0v) is 42.6. The Hall–Kier alpha value is -3.55. The summed E-state index contributed by atoms with van der Waals surface area (Å²) in [6.07, 6.45) is -3.38. The van der Waals surface area contributed by atoms with Gasteiger partial charge in [0.2, 0.25) is 0 Å². The molecule has 16 nitrogen and oxygen atoms in total. The normalized spacial score (nSPS) is 32.8. The van der Waals surface area contributed by atoms with Crippen molar-refractivity contribution in [1.29, 1.82) is 0 Å². The summed E-state index contributed by atoms with van der Waals surface area (Å²) in [7, 11) is 5.28. The van der Waals surface area contributed by atoms with E-state index in [1.807, 2.05) is 70.1 Å². The Balaban J connectivity index is 1.34. The minimum atomic E-state index is -1.92. The molecule has 0 saturated carbocycles. The van der Waals surface area contributed by atoms with Gasteiger partial charge in [-0.25, -0.2) is 0 Å². The van der Waals surface area contributed by atoms with Crippen molar-refractivity contribution >= 4 is 17.5 Å². The molecule has 13 atom stereocenters. The van der Waals surface area contributed by atoms with Crippen molar-refractivity contribution in [3.63, 3.8) is 0 Å². The molecule has 68 heavy (non-hydrogen) atoms. The zero-order valence-electron chi connectivity index (χ0n) is 42.6. The third kappa shape index (κ3) is 16.3. The molecule has 2 aliphatic heterocycles. The van der Waals surface area contributed by atoms with Crippen molar-refractivity contribution in [3.8, 4) is 5.75 Å². The molecule has 0 aromatic heterocycles. The van der Waals surface area contributed by atoms with Crippen LogP contribution in [0.15, 0.2) is 59.8 Å². The van der Waals surface area contributed by atoms with Crippen molar-refractivity contribution in [3.05, 3.63) is 65.7 Å². The first-order valence-corrected chi connectivity index (χ1v) is 24.6. The number of rotatable bonds is 22. The fraction of sp³-hybridized carbons (Fsp3) is 0.712. The number of oxime groups is 1. The number of likely N-dealkylation sites (N-methyl/N-ethyl adjacent to an activating group) is 1. The molecule has 5 N–H and O–H groups in total. The number of Topliss-reactive ketones (excluding diaryl/α,β-unsaturated/α-hetero) is 1. The fourth-order valence-corrected chi connectivity index (χ4v) is 9.40. The molecule has 0 unspecified atom stereocenters. The van der Waals surface area contributed by atoms with Crippen LogP contribution in [-0.2, 0) is 51.3 Å². The maximum atomic E-state index is 14.2. The highest BCUT2D eigenvalue weighted by Gasteiger charge is 2.51. The van der Waals surface area contributed by atoms with Gasteiger partial charge in [-0.1, -0.05) is 75.3 Å². The van der Waals surface area contributed by atoms with Gasteiger partial charge in [0.05, 0.1) is 29.6 Å². The van der Waals surface area contributed by atoms with Gasteiger partial charge in [0.25, 0.3) is 0 Å². The van der Waals surface area contributed by atoms with Gasteiger partial charge in [0.15, 0.2) is 12.1 Å². The summed E-state index contributed by atoms with van der Waals surface area (Å²) in [4.78, 5) is 35.7. The number of esters is 1. The zero-order chi connectivity index (χ0) is 50.0. The fourth-order valence-electron chi connectivity index (χ4n) is 9.40. The molecule has 0 amide bonds. The lowest BCUT2D eigenvalue weighted by atomic mass is 9.74. The standard InChI is InChI=1S/C52H84N4O12/c1-12-43-52(8,61)47(59)36(4)44(55-65-28-25-53-23-17-26-63-27-18-24-54-32-40-21-16-22-41(30-40)64-33-39-19-14-13-15-20-39)34(2)31-51(7,62-11)48(37(5)45(57)38(6)49(60)67-43)68-50-46(58)42(56(9)10)29-35(3)66-50/h13-16,19-22,30,34-38,42-43,46-48,50,53-54,58-59,61H,12,17-18,23-29,31-33H2,1-11H3/b55-44+/t34-,35-,36+,37+,38-,42+,43+,46-,47-,48-,50+,51+,52-/m1/s1. The van der Waals surface area contributed by atoms with Crippen LogP contribution in [-0.4, -0.2) is 152 Å². The number of hydrogen-bond donors (Lipinski definition) is 5. The van der Waals surface area contributed by atoms with Crippen molar-refractivity contribution in [2.24, 2.45) is 28.8 Å². The summed E-state index contributed by atoms with van der Waals surface area (Å²) >= 11 is 0. The van der Waals surface area contributed by atoms with Gasteiger partial charge >= 0.3 is 5.97 Å². The number of carbonyl (C=O) groups is 2. The van der Waals surface area contributed by atoms with Gasteiger partial charge in [0.1, 0.15) is 42.7 Å². The van der Waals surface area contributed by atoms with Gasteiger partial charge in [-0.3, -0.25) is 9.59 Å². The van der Waals surface area contributed by atoms with Gasteiger partial charge in [-0.2, -0.15) is 0 Å². The van der Waals surface area contributed by atoms with Crippen LogP contribution in [0.25, 0.3) is 0 Å². The Kier molecular flexibility index (Phi) is 23.3. The molecule has 0 spiro atoms. The quantitative estimate of drug-likeness (QED) is 0.0442. The predicted molar refractivity (Wildman–Crippen MR) is 261 cm³/mol. The maximum absolute atomic E-state index is 14.2. The van der Waals surface area contributed by atoms with E-state index in [0.29, 0.717) is 45.0 Å². The summed E-state index contributed by atoms with van der Waals surface area (Å²) in [5, 5.41) is 46.6. The maximum Gasteiger partial charge on any atom is 0.316 e. The third-order valence-electron chi connectivity index (χ3n) is 13.6. The second kappa shape index (κ2) is 27.7. The highest BCUT2D eigenvalue weighted by Crippen LogP contribution is 2.38. The molecular weight excluding hydrogens is 873 g/mol. The highest BCUT2D eigenvalue weighted by molar-refractivity contribution is 6.00. The minimum absolute atomic E-state index is 0.170. The molecule has 384 valence electrons. The lowest BCUT2D eigenvalue weighted by Gasteiger charge is -2.47. The Bertz CT molecular complexity index is 1840. The lowest BCUT2D eigenvalue weighted by Crippen LogP contribution is -2.60. The van der Waals surface area contributed by atoms with Crippen LogP contribution in [0.4, 0.5) is 0 Å². The Labute approximate surface area is 405 Å². The Morgan fingerprint density at radius 3 is 2.22 bits per heavy atom.